The van der Waals surface area contributed by atoms with Crippen molar-refractivity contribution >= 4 is 17.2 Å². The van der Waals surface area contributed by atoms with Crippen LogP contribution in [0.4, 0.5) is 0 Å². The molecule has 4 heteroatoms. The number of hydrogen-bond donors (Lipinski definition) is 1. The lowest BCUT2D eigenvalue weighted by Crippen LogP contribution is -2.38. The number of amides is 1. The van der Waals surface area contributed by atoms with E-state index in [1.807, 2.05) is 0 Å². The third-order valence-corrected chi connectivity index (χ3v) is 5.35. The molecule has 3 nitrogen and oxygen atoms in total. The Balaban J connectivity index is 1.90. The van der Waals surface area contributed by atoms with Crippen molar-refractivity contribution in [2.45, 2.75) is 64.2 Å². The maximum Gasteiger partial charge on any atom is 0.244 e. The second-order valence-electron chi connectivity index (χ2n) is 5.93. The van der Waals surface area contributed by atoms with Gasteiger partial charge in [-0.25, -0.2) is 0 Å². The number of carbonyl (C=O) groups is 1. The SMILES string of the molecule is CCCC(C)N1C(=O)C2(CC2)NC1c1ccc(C)s1. The fraction of sp³-hybridized carbons (Fsp3) is 0.667. The van der Waals surface area contributed by atoms with Gasteiger partial charge in [0.05, 0.1) is 0 Å². The molecule has 104 valence electrons. The van der Waals surface area contributed by atoms with E-state index in [9.17, 15) is 4.79 Å². The van der Waals surface area contributed by atoms with Crippen molar-refractivity contribution in [2.24, 2.45) is 0 Å². The first-order chi connectivity index (χ1) is 9.07. The number of aryl methyl sites for hydroxylation is 1. The summed E-state index contributed by atoms with van der Waals surface area (Å²) in [5, 5.41) is 3.60. The molecule has 2 unspecified atom stereocenters. The van der Waals surface area contributed by atoms with Crippen LogP contribution in [0.25, 0.3) is 0 Å². The van der Waals surface area contributed by atoms with Gasteiger partial charge in [-0.1, -0.05) is 13.3 Å². The second kappa shape index (κ2) is 4.60. The highest BCUT2D eigenvalue weighted by molar-refractivity contribution is 7.12. The zero-order chi connectivity index (χ0) is 13.6. The lowest BCUT2D eigenvalue weighted by Gasteiger charge is -2.29. The van der Waals surface area contributed by atoms with Crippen LogP contribution in [0.2, 0.25) is 0 Å². The molecule has 1 aliphatic carbocycles. The fourth-order valence-corrected chi connectivity index (χ4v) is 3.99. The molecule has 3 rings (SSSR count). The van der Waals surface area contributed by atoms with Crippen LogP contribution in [0.1, 0.15) is 55.5 Å². The zero-order valence-corrected chi connectivity index (χ0v) is 12.7. The summed E-state index contributed by atoms with van der Waals surface area (Å²) in [5.74, 6) is 0.324. The quantitative estimate of drug-likeness (QED) is 0.917. The van der Waals surface area contributed by atoms with Gasteiger partial charge in [-0.2, -0.15) is 0 Å². The molecule has 1 spiro atoms. The first-order valence-electron chi connectivity index (χ1n) is 7.24. The Kier molecular flexibility index (Phi) is 3.18. The molecule has 0 bridgehead atoms. The highest BCUT2D eigenvalue weighted by Gasteiger charge is 2.60. The Bertz CT molecular complexity index is 492. The van der Waals surface area contributed by atoms with Crippen molar-refractivity contribution < 1.29 is 4.79 Å². The number of thiophene rings is 1. The van der Waals surface area contributed by atoms with Gasteiger partial charge in [-0.3, -0.25) is 10.1 Å². The minimum absolute atomic E-state index is 0.0928. The summed E-state index contributed by atoms with van der Waals surface area (Å²) in [7, 11) is 0. The zero-order valence-electron chi connectivity index (χ0n) is 11.9. The Morgan fingerprint density at radius 3 is 2.79 bits per heavy atom. The number of nitrogens with one attached hydrogen (secondary N) is 1. The van der Waals surface area contributed by atoms with Crippen molar-refractivity contribution in [3.05, 3.63) is 21.9 Å². The molecule has 1 N–H and O–H groups in total. The monoisotopic (exact) mass is 278 g/mol. The lowest BCUT2D eigenvalue weighted by molar-refractivity contribution is -0.132. The molecular formula is C15H22N2OS. The molecule has 1 saturated heterocycles. The lowest BCUT2D eigenvalue weighted by atomic mass is 10.1. The normalized spacial score (nSPS) is 26.2. The summed E-state index contributed by atoms with van der Waals surface area (Å²) in [6.07, 6.45) is 4.29. The van der Waals surface area contributed by atoms with E-state index in [-0.39, 0.29) is 11.7 Å². The van der Waals surface area contributed by atoms with Gasteiger partial charge >= 0.3 is 0 Å². The molecule has 2 aliphatic rings. The Morgan fingerprint density at radius 1 is 1.53 bits per heavy atom. The van der Waals surface area contributed by atoms with Gasteiger partial charge in [0.25, 0.3) is 0 Å². The van der Waals surface area contributed by atoms with Crippen molar-refractivity contribution in [3.8, 4) is 0 Å². The van der Waals surface area contributed by atoms with Crippen LogP contribution >= 0.6 is 11.3 Å². The maximum absolute atomic E-state index is 12.7. The smallest absolute Gasteiger partial charge is 0.244 e. The Labute approximate surface area is 119 Å². The van der Waals surface area contributed by atoms with E-state index < -0.39 is 0 Å². The Hall–Kier alpha value is -0.870. The first-order valence-corrected chi connectivity index (χ1v) is 8.06. The maximum atomic E-state index is 12.7. The Morgan fingerprint density at radius 2 is 2.26 bits per heavy atom. The molecule has 19 heavy (non-hydrogen) atoms. The molecule has 1 aromatic rings. The average molecular weight is 278 g/mol. The molecule has 2 atom stereocenters. The van der Waals surface area contributed by atoms with Crippen molar-refractivity contribution in [1.82, 2.24) is 10.2 Å². The van der Waals surface area contributed by atoms with Gasteiger partial charge in [0.15, 0.2) is 0 Å². The van der Waals surface area contributed by atoms with Crippen LogP contribution in [-0.2, 0) is 4.79 Å². The van der Waals surface area contributed by atoms with E-state index in [1.165, 1.54) is 9.75 Å². The van der Waals surface area contributed by atoms with Crippen LogP contribution in [-0.4, -0.2) is 22.4 Å². The minimum atomic E-state index is -0.218. The highest BCUT2D eigenvalue weighted by atomic mass is 32.1. The predicted molar refractivity (Wildman–Crippen MR) is 78.1 cm³/mol. The molecule has 2 heterocycles. The molecule has 0 radical (unpaired) electrons. The third-order valence-electron chi connectivity index (χ3n) is 4.30. The minimum Gasteiger partial charge on any atom is -0.318 e. The van der Waals surface area contributed by atoms with Crippen LogP contribution in [0.3, 0.4) is 0 Å². The van der Waals surface area contributed by atoms with Crippen LogP contribution in [0.15, 0.2) is 12.1 Å². The number of hydrogen-bond acceptors (Lipinski definition) is 3. The summed E-state index contributed by atoms with van der Waals surface area (Å²) in [4.78, 5) is 17.3. The van der Waals surface area contributed by atoms with Crippen molar-refractivity contribution in [2.75, 3.05) is 0 Å². The standard InChI is InChI=1S/C15H22N2OS/c1-4-5-10(2)17-13(12-7-6-11(3)19-12)16-15(8-9-15)14(17)18/h6-7,10,13,16H,4-5,8-9H2,1-3H3. The van der Waals surface area contributed by atoms with Gasteiger partial charge in [0, 0.05) is 15.8 Å². The number of nitrogens with zero attached hydrogens (tertiary/aromatic N) is 1. The average Bonchev–Trinajstić information content (AvgIpc) is 2.93. The molecular weight excluding hydrogens is 256 g/mol. The van der Waals surface area contributed by atoms with Gasteiger partial charge in [0.2, 0.25) is 5.91 Å². The molecule has 1 aromatic heterocycles. The molecule has 1 aliphatic heterocycles. The molecule has 2 fully saturated rings. The van der Waals surface area contributed by atoms with Gasteiger partial charge in [-0.05, 0) is 45.2 Å². The summed E-state index contributed by atoms with van der Waals surface area (Å²) in [6, 6.07) is 4.63. The van der Waals surface area contributed by atoms with Crippen LogP contribution in [0.5, 0.6) is 0 Å². The van der Waals surface area contributed by atoms with Crippen LogP contribution in [0, 0.1) is 6.92 Å². The van der Waals surface area contributed by atoms with E-state index in [0.717, 1.165) is 25.7 Å². The van der Waals surface area contributed by atoms with E-state index in [2.05, 4.69) is 43.1 Å². The third kappa shape index (κ3) is 2.11. The van der Waals surface area contributed by atoms with E-state index >= 15 is 0 Å². The summed E-state index contributed by atoms with van der Waals surface area (Å²) in [5.41, 5.74) is -0.218. The number of carbonyl (C=O) groups excluding carboxylic acids is 1. The second-order valence-corrected chi connectivity index (χ2v) is 7.25. The fourth-order valence-electron chi connectivity index (χ4n) is 3.06. The molecule has 1 amide bonds. The molecule has 0 aromatic carbocycles. The van der Waals surface area contributed by atoms with Crippen molar-refractivity contribution in [3.63, 3.8) is 0 Å². The van der Waals surface area contributed by atoms with Gasteiger partial charge < -0.3 is 4.90 Å². The largest absolute Gasteiger partial charge is 0.318 e. The van der Waals surface area contributed by atoms with Gasteiger partial charge in [0.1, 0.15) is 11.7 Å². The van der Waals surface area contributed by atoms with E-state index in [4.69, 9.17) is 0 Å². The van der Waals surface area contributed by atoms with Crippen LogP contribution < -0.4 is 5.32 Å². The predicted octanol–water partition coefficient (Wildman–Crippen LogP) is 3.21. The van der Waals surface area contributed by atoms with Gasteiger partial charge in [-0.15, -0.1) is 11.3 Å². The molecule has 1 saturated carbocycles. The highest BCUT2D eigenvalue weighted by Crippen LogP contribution is 2.47. The summed E-state index contributed by atoms with van der Waals surface area (Å²) < 4.78 is 0. The first kappa shape index (κ1) is 13.1. The van der Waals surface area contributed by atoms with Crippen molar-refractivity contribution in [1.29, 1.82) is 0 Å². The van der Waals surface area contributed by atoms with E-state index in [0.29, 0.717) is 11.9 Å². The topological polar surface area (TPSA) is 32.3 Å². The number of rotatable bonds is 4. The summed E-state index contributed by atoms with van der Waals surface area (Å²) in [6.45, 7) is 6.48. The van der Waals surface area contributed by atoms with E-state index in [1.54, 1.807) is 11.3 Å². The summed E-state index contributed by atoms with van der Waals surface area (Å²) >= 11 is 1.80.